The van der Waals surface area contributed by atoms with Crippen molar-refractivity contribution >= 4 is 22.5 Å². The van der Waals surface area contributed by atoms with Gasteiger partial charge >= 0.3 is 0 Å². The average Bonchev–Trinajstić information content (AvgIpc) is 2.46. The van der Waals surface area contributed by atoms with Crippen LogP contribution in [0.4, 0.5) is 0 Å². The largest absolute Gasteiger partial charge is 0.320 e. The maximum Gasteiger partial charge on any atom is 0.0720 e. The number of benzene rings is 1. The molecule has 2 aromatic rings. The number of aromatic nitrogens is 1. The molecule has 0 radical (unpaired) electrons. The van der Waals surface area contributed by atoms with Crippen molar-refractivity contribution in [2.24, 2.45) is 0 Å². The van der Waals surface area contributed by atoms with Gasteiger partial charge in [-0.05, 0) is 58.6 Å². The standard InChI is InChI=1S/C16H22ClN3/c1-16(19-3,9-4-10-18-2)15-8-6-12-5-7-13(17)11-14(12)20-15/h5-8,11,18-19H,4,9-10H2,1-3H3. The van der Waals surface area contributed by atoms with E-state index in [1.54, 1.807) is 0 Å². The van der Waals surface area contributed by atoms with Gasteiger partial charge in [0.15, 0.2) is 0 Å². The number of rotatable bonds is 6. The van der Waals surface area contributed by atoms with E-state index in [-0.39, 0.29) is 5.54 Å². The van der Waals surface area contributed by atoms with Crippen LogP contribution in [0.2, 0.25) is 5.02 Å². The molecule has 2 rings (SSSR count). The van der Waals surface area contributed by atoms with Crippen molar-refractivity contribution in [1.29, 1.82) is 0 Å². The minimum atomic E-state index is -0.118. The van der Waals surface area contributed by atoms with E-state index in [9.17, 15) is 0 Å². The number of hydrogen-bond donors (Lipinski definition) is 2. The zero-order chi connectivity index (χ0) is 14.6. The third-order valence-corrected chi connectivity index (χ3v) is 4.11. The van der Waals surface area contributed by atoms with Crippen molar-refractivity contribution in [2.45, 2.75) is 25.3 Å². The monoisotopic (exact) mass is 291 g/mol. The van der Waals surface area contributed by atoms with Crippen LogP contribution in [0, 0.1) is 0 Å². The Balaban J connectivity index is 2.33. The molecule has 1 atom stereocenters. The predicted molar refractivity (Wildman–Crippen MR) is 86.3 cm³/mol. The Bertz CT molecular complexity index is 585. The highest BCUT2D eigenvalue weighted by Gasteiger charge is 2.25. The first-order chi connectivity index (χ1) is 9.59. The van der Waals surface area contributed by atoms with Crippen LogP contribution in [0.5, 0.6) is 0 Å². The lowest BCUT2D eigenvalue weighted by molar-refractivity contribution is 0.348. The third kappa shape index (κ3) is 3.29. The second kappa shape index (κ2) is 6.53. The molecule has 108 valence electrons. The Morgan fingerprint density at radius 1 is 1.20 bits per heavy atom. The molecule has 1 aromatic heterocycles. The number of halogens is 1. The second-order valence-corrected chi connectivity index (χ2v) is 5.76. The van der Waals surface area contributed by atoms with E-state index in [1.165, 1.54) is 0 Å². The molecule has 0 amide bonds. The van der Waals surface area contributed by atoms with E-state index >= 15 is 0 Å². The predicted octanol–water partition coefficient (Wildman–Crippen LogP) is 3.32. The fourth-order valence-electron chi connectivity index (χ4n) is 2.40. The molecule has 0 bridgehead atoms. The van der Waals surface area contributed by atoms with E-state index in [0.29, 0.717) is 0 Å². The lowest BCUT2D eigenvalue weighted by atomic mass is 9.91. The van der Waals surface area contributed by atoms with E-state index in [2.05, 4.69) is 29.7 Å². The van der Waals surface area contributed by atoms with Crippen molar-refractivity contribution in [1.82, 2.24) is 15.6 Å². The van der Waals surface area contributed by atoms with Crippen LogP contribution in [0.15, 0.2) is 30.3 Å². The van der Waals surface area contributed by atoms with Gasteiger partial charge in [0.1, 0.15) is 0 Å². The van der Waals surface area contributed by atoms with Crippen LogP contribution in [-0.4, -0.2) is 25.6 Å². The molecule has 0 aliphatic rings. The van der Waals surface area contributed by atoms with Crippen LogP contribution in [0.25, 0.3) is 10.9 Å². The van der Waals surface area contributed by atoms with Gasteiger partial charge in [0.25, 0.3) is 0 Å². The summed E-state index contributed by atoms with van der Waals surface area (Å²) in [6.07, 6.45) is 2.13. The van der Waals surface area contributed by atoms with Crippen LogP contribution in [0.3, 0.4) is 0 Å². The smallest absolute Gasteiger partial charge is 0.0720 e. The van der Waals surface area contributed by atoms with Gasteiger partial charge in [-0.3, -0.25) is 4.98 Å². The number of hydrogen-bond acceptors (Lipinski definition) is 3. The molecule has 0 saturated heterocycles. The van der Waals surface area contributed by atoms with Crippen molar-refractivity contribution in [2.75, 3.05) is 20.6 Å². The molecule has 0 aliphatic heterocycles. The van der Waals surface area contributed by atoms with Crippen LogP contribution in [-0.2, 0) is 5.54 Å². The Hall–Kier alpha value is -1.16. The first-order valence-corrected chi connectivity index (χ1v) is 7.37. The number of pyridine rings is 1. The summed E-state index contributed by atoms with van der Waals surface area (Å²) in [7, 11) is 3.97. The molecule has 3 nitrogen and oxygen atoms in total. The fraction of sp³-hybridized carbons (Fsp3) is 0.438. The summed E-state index contributed by atoms with van der Waals surface area (Å²) in [6, 6.07) is 10.0. The normalized spacial score (nSPS) is 14.4. The first-order valence-electron chi connectivity index (χ1n) is 6.99. The quantitative estimate of drug-likeness (QED) is 0.802. The Morgan fingerprint density at radius 3 is 2.65 bits per heavy atom. The second-order valence-electron chi connectivity index (χ2n) is 5.32. The zero-order valence-electron chi connectivity index (χ0n) is 12.3. The Labute approximate surface area is 125 Å². The lowest BCUT2D eigenvalue weighted by Crippen LogP contribution is -2.38. The maximum atomic E-state index is 6.06. The van der Waals surface area contributed by atoms with Crippen molar-refractivity contribution in [3.8, 4) is 0 Å². The van der Waals surface area contributed by atoms with Gasteiger partial charge in [-0.2, -0.15) is 0 Å². The molecule has 0 spiro atoms. The topological polar surface area (TPSA) is 37.0 Å². The van der Waals surface area contributed by atoms with Gasteiger partial charge in [-0.1, -0.05) is 23.7 Å². The SMILES string of the molecule is CNCCCC(C)(NC)c1ccc2ccc(Cl)cc2n1. The van der Waals surface area contributed by atoms with E-state index in [1.807, 2.05) is 32.3 Å². The van der Waals surface area contributed by atoms with Crippen molar-refractivity contribution < 1.29 is 0 Å². The summed E-state index contributed by atoms with van der Waals surface area (Å²) in [5, 5.41) is 8.44. The van der Waals surface area contributed by atoms with Crippen molar-refractivity contribution in [3.05, 3.63) is 41.0 Å². The van der Waals surface area contributed by atoms with Crippen LogP contribution in [0.1, 0.15) is 25.5 Å². The Kier molecular flexibility index (Phi) is 4.97. The van der Waals surface area contributed by atoms with Crippen LogP contribution < -0.4 is 10.6 Å². The summed E-state index contributed by atoms with van der Waals surface area (Å²) < 4.78 is 0. The van der Waals surface area contributed by atoms with Crippen LogP contribution >= 0.6 is 11.6 Å². The van der Waals surface area contributed by atoms with Gasteiger partial charge in [-0.25, -0.2) is 0 Å². The summed E-state index contributed by atoms with van der Waals surface area (Å²) >= 11 is 6.06. The molecule has 0 aliphatic carbocycles. The summed E-state index contributed by atoms with van der Waals surface area (Å²) in [6.45, 7) is 3.21. The van der Waals surface area contributed by atoms with Gasteiger partial charge in [0.2, 0.25) is 0 Å². The molecular weight excluding hydrogens is 270 g/mol. The molecule has 0 saturated carbocycles. The van der Waals surface area contributed by atoms with E-state index < -0.39 is 0 Å². The molecular formula is C16H22ClN3. The highest BCUT2D eigenvalue weighted by molar-refractivity contribution is 6.31. The van der Waals surface area contributed by atoms with E-state index in [0.717, 1.165) is 41.0 Å². The summed E-state index contributed by atoms with van der Waals surface area (Å²) in [5.74, 6) is 0. The zero-order valence-corrected chi connectivity index (χ0v) is 13.1. The van der Waals surface area contributed by atoms with E-state index in [4.69, 9.17) is 16.6 Å². The van der Waals surface area contributed by atoms with Gasteiger partial charge in [0.05, 0.1) is 16.7 Å². The third-order valence-electron chi connectivity index (χ3n) is 3.87. The summed E-state index contributed by atoms with van der Waals surface area (Å²) in [4.78, 5) is 4.79. The summed E-state index contributed by atoms with van der Waals surface area (Å²) in [5.41, 5.74) is 1.89. The molecule has 0 fully saturated rings. The average molecular weight is 292 g/mol. The molecule has 1 unspecified atom stereocenters. The number of nitrogens with zero attached hydrogens (tertiary/aromatic N) is 1. The fourth-order valence-corrected chi connectivity index (χ4v) is 2.56. The highest BCUT2D eigenvalue weighted by atomic mass is 35.5. The Morgan fingerprint density at radius 2 is 1.95 bits per heavy atom. The molecule has 1 aromatic carbocycles. The molecule has 2 N–H and O–H groups in total. The molecule has 20 heavy (non-hydrogen) atoms. The molecule has 1 heterocycles. The van der Waals surface area contributed by atoms with Gasteiger partial charge < -0.3 is 10.6 Å². The van der Waals surface area contributed by atoms with Gasteiger partial charge in [0, 0.05) is 10.4 Å². The first kappa shape index (κ1) is 15.2. The minimum Gasteiger partial charge on any atom is -0.320 e. The number of nitrogens with one attached hydrogen (secondary N) is 2. The number of fused-ring (bicyclic) bond motifs is 1. The maximum absolute atomic E-state index is 6.06. The minimum absolute atomic E-state index is 0.118. The molecule has 4 heteroatoms. The van der Waals surface area contributed by atoms with Crippen molar-refractivity contribution in [3.63, 3.8) is 0 Å². The lowest BCUT2D eigenvalue weighted by Gasteiger charge is -2.29. The van der Waals surface area contributed by atoms with Gasteiger partial charge in [-0.15, -0.1) is 0 Å². The highest BCUT2D eigenvalue weighted by Crippen LogP contribution is 2.27.